The molecule has 0 amide bonds. The van der Waals surface area contributed by atoms with Crippen molar-refractivity contribution >= 4 is 27.5 Å². The van der Waals surface area contributed by atoms with E-state index in [1.165, 1.54) is 0 Å². The lowest BCUT2D eigenvalue weighted by molar-refractivity contribution is 0.00246. The van der Waals surface area contributed by atoms with Crippen LogP contribution >= 0.6 is 11.3 Å². The Bertz CT molecular complexity index is 1110. The van der Waals surface area contributed by atoms with Gasteiger partial charge in [0, 0.05) is 26.8 Å². The first kappa shape index (κ1) is 26.0. The highest BCUT2D eigenvalue weighted by Gasteiger charge is 2.21. The Balaban J connectivity index is 1.70. The van der Waals surface area contributed by atoms with Gasteiger partial charge in [-0.15, -0.1) is 11.3 Å². The molecule has 11 heteroatoms. The summed E-state index contributed by atoms with van der Waals surface area (Å²) in [6.07, 6.45) is 1.57. The number of aromatic nitrogens is 2. The molecular formula is C23H31N3O7S. The number of ether oxygens (including phenoxy) is 3. The summed E-state index contributed by atoms with van der Waals surface area (Å²) in [6, 6.07) is 3.59. The molecule has 3 heterocycles. The summed E-state index contributed by atoms with van der Waals surface area (Å²) in [4.78, 5) is 35.3. The van der Waals surface area contributed by atoms with Gasteiger partial charge in [0.05, 0.1) is 37.5 Å². The SMILES string of the molecule is CCOC(=O)c1sc2nc(CN(CCCOC)C[C@H](O)COCc3ccco3)[nH]c(=O)c2c1C. The van der Waals surface area contributed by atoms with Crippen LogP contribution in [-0.4, -0.2) is 72.1 Å². The third-order valence-electron chi connectivity index (χ3n) is 5.11. The van der Waals surface area contributed by atoms with E-state index in [2.05, 4.69) is 9.97 Å². The minimum absolute atomic E-state index is 0.136. The van der Waals surface area contributed by atoms with Gasteiger partial charge in [-0.05, 0) is 38.0 Å². The fraction of sp³-hybridized carbons (Fsp3) is 0.522. The number of hydrogen-bond donors (Lipinski definition) is 2. The van der Waals surface area contributed by atoms with Crippen LogP contribution in [0, 0.1) is 6.92 Å². The number of methoxy groups -OCH3 is 1. The first-order valence-corrected chi connectivity index (χ1v) is 11.9. The minimum Gasteiger partial charge on any atom is -0.467 e. The number of esters is 1. The lowest BCUT2D eigenvalue weighted by Crippen LogP contribution is -2.36. The predicted molar refractivity (Wildman–Crippen MR) is 127 cm³/mol. The molecular weight excluding hydrogens is 462 g/mol. The number of thiophene rings is 1. The number of furan rings is 1. The average Bonchev–Trinajstić information content (AvgIpc) is 3.42. The topological polar surface area (TPSA) is 127 Å². The van der Waals surface area contributed by atoms with Gasteiger partial charge in [-0.25, -0.2) is 9.78 Å². The van der Waals surface area contributed by atoms with E-state index in [1.807, 2.05) is 4.90 Å². The summed E-state index contributed by atoms with van der Waals surface area (Å²) < 4.78 is 21.0. The number of aliphatic hydroxyl groups excluding tert-OH is 1. The van der Waals surface area contributed by atoms with E-state index in [9.17, 15) is 14.7 Å². The Labute approximate surface area is 201 Å². The Morgan fingerprint density at radius 3 is 2.94 bits per heavy atom. The van der Waals surface area contributed by atoms with Gasteiger partial charge >= 0.3 is 5.97 Å². The Morgan fingerprint density at radius 2 is 2.24 bits per heavy atom. The van der Waals surface area contributed by atoms with Crippen molar-refractivity contribution in [1.82, 2.24) is 14.9 Å². The van der Waals surface area contributed by atoms with Crippen molar-refractivity contribution in [3.63, 3.8) is 0 Å². The third-order valence-corrected chi connectivity index (χ3v) is 6.28. The van der Waals surface area contributed by atoms with E-state index in [0.29, 0.717) is 58.5 Å². The predicted octanol–water partition coefficient (Wildman–Crippen LogP) is 2.48. The molecule has 0 unspecified atom stereocenters. The number of fused-ring (bicyclic) bond motifs is 1. The second-order valence-corrected chi connectivity index (χ2v) is 8.80. The molecule has 0 aliphatic carbocycles. The molecule has 3 aromatic rings. The number of nitrogens with one attached hydrogen (secondary N) is 1. The van der Waals surface area contributed by atoms with Crippen molar-refractivity contribution in [3.8, 4) is 0 Å². The zero-order chi connectivity index (χ0) is 24.5. The van der Waals surface area contributed by atoms with Gasteiger partial charge in [0.25, 0.3) is 5.56 Å². The summed E-state index contributed by atoms with van der Waals surface area (Å²) in [5.74, 6) is 0.686. The van der Waals surface area contributed by atoms with Gasteiger partial charge < -0.3 is 28.7 Å². The number of aryl methyl sites for hydroxylation is 1. The maximum Gasteiger partial charge on any atom is 0.348 e. The molecule has 0 fully saturated rings. The molecule has 0 aliphatic rings. The second-order valence-electron chi connectivity index (χ2n) is 7.80. The summed E-state index contributed by atoms with van der Waals surface area (Å²) in [5, 5.41) is 10.9. The normalized spacial score (nSPS) is 12.5. The van der Waals surface area contributed by atoms with Crippen LogP contribution in [-0.2, 0) is 27.4 Å². The van der Waals surface area contributed by atoms with Crippen LogP contribution in [0.2, 0.25) is 0 Å². The fourth-order valence-corrected chi connectivity index (χ4v) is 4.67. The summed E-state index contributed by atoms with van der Waals surface area (Å²) >= 11 is 1.15. The molecule has 0 bridgehead atoms. The van der Waals surface area contributed by atoms with Crippen LogP contribution in [0.4, 0.5) is 0 Å². The number of aromatic amines is 1. The number of carbonyl (C=O) groups excluding carboxylic acids is 1. The molecule has 0 aromatic carbocycles. The first-order valence-electron chi connectivity index (χ1n) is 11.1. The largest absolute Gasteiger partial charge is 0.467 e. The van der Waals surface area contributed by atoms with Crippen molar-refractivity contribution < 1.29 is 28.5 Å². The Morgan fingerprint density at radius 1 is 1.41 bits per heavy atom. The molecule has 0 saturated heterocycles. The second kappa shape index (κ2) is 12.8. The van der Waals surface area contributed by atoms with E-state index in [1.54, 1.807) is 39.4 Å². The van der Waals surface area contributed by atoms with Gasteiger partial charge in [-0.1, -0.05) is 0 Å². The maximum absolute atomic E-state index is 12.8. The highest BCUT2D eigenvalue weighted by atomic mass is 32.1. The van der Waals surface area contributed by atoms with E-state index >= 15 is 0 Å². The molecule has 3 aromatic heterocycles. The molecule has 0 aliphatic heterocycles. The van der Waals surface area contributed by atoms with Crippen LogP contribution in [0.3, 0.4) is 0 Å². The summed E-state index contributed by atoms with van der Waals surface area (Å²) in [5.41, 5.74) is 0.267. The number of rotatable bonds is 14. The van der Waals surface area contributed by atoms with Crippen molar-refractivity contribution in [2.75, 3.05) is 40.0 Å². The van der Waals surface area contributed by atoms with E-state index < -0.39 is 12.1 Å². The van der Waals surface area contributed by atoms with Crippen LogP contribution in [0.5, 0.6) is 0 Å². The van der Waals surface area contributed by atoms with Gasteiger partial charge in [0.15, 0.2) is 0 Å². The Kier molecular flexibility index (Phi) is 9.78. The number of H-pyrrole nitrogens is 1. The molecule has 186 valence electrons. The molecule has 0 radical (unpaired) electrons. The van der Waals surface area contributed by atoms with Crippen LogP contribution < -0.4 is 5.56 Å². The first-order chi connectivity index (χ1) is 16.4. The Hall–Kier alpha value is -2.57. The van der Waals surface area contributed by atoms with Crippen LogP contribution in [0.25, 0.3) is 10.2 Å². The van der Waals surface area contributed by atoms with E-state index in [0.717, 1.165) is 17.8 Å². The zero-order valence-electron chi connectivity index (χ0n) is 19.7. The van der Waals surface area contributed by atoms with Crippen molar-refractivity contribution in [1.29, 1.82) is 0 Å². The summed E-state index contributed by atoms with van der Waals surface area (Å²) in [7, 11) is 1.63. The molecule has 10 nitrogen and oxygen atoms in total. The minimum atomic E-state index is -0.743. The van der Waals surface area contributed by atoms with Gasteiger partial charge in [-0.2, -0.15) is 0 Å². The molecule has 1 atom stereocenters. The van der Waals surface area contributed by atoms with Gasteiger partial charge in [-0.3, -0.25) is 9.69 Å². The van der Waals surface area contributed by atoms with Crippen molar-refractivity contribution in [2.45, 2.75) is 39.5 Å². The lowest BCUT2D eigenvalue weighted by atomic mass is 10.2. The number of aliphatic hydroxyl groups is 1. The van der Waals surface area contributed by atoms with Gasteiger partial charge in [0.2, 0.25) is 0 Å². The lowest BCUT2D eigenvalue weighted by Gasteiger charge is -2.24. The molecule has 0 saturated carbocycles. The van der Waals surface area contributed by atoms with Crippen molar-refractivity contribution in [2.24, 2.45) is 0 Å². The third kappa shape index (κ3) is 6.97. The maximum atomic E-state index is 12.8. The molecule has 3 rings (SSSR count). The van der Waals surface area contributed by atoms with Gasteiger partial charge in [0.1, 0.15) is 27.9 Å². The molecule has 0 spiro atoms. The highest BCUT2D eigenvalue weighted by Crippen LogP contribution is 2.27. The zero-order valence-corrected chi connectivity index (χ0v) is 20.5. The fourth-order valence-electron chi connectivity index (χ4n) is 3.57. The van der Waals surface area contributed by atoms with Crippen LogP contribution in [0.15, 0.2) is 27.6 Å². The van der Waals surface area contributed by atoms with E-state index in [4.69, 9.17) is 18.6 Å². The van der Waals surface area contributed by atoms with Crippen molar-refractivity contribution in [3.05, 3.63) is 50.8 Å². The molecule has 34 heavy (non-hydrogen) atoms. The average molecular weight is 494 g/mol. The van der Waals surface area contributed by atoms with Crippen LogP contribution in [0.1, 0.15) is 40.2 Å². The quantitative estimate of drug-likeness (QED) is 0.257. The summed E-state index contributed by atoms with van der Waals surface area (Å²) in [6.45, 7) is 5.95. The number of hydrogen-bond acceptors (Lipinski definition) is 10. The number of carbonyl (C=O) groups is 1. The monoisotopic (exact) mass is 493 g/mol. The number of nitrogens with zero attached hydrogens (tertiary/aromatic N) is 2. The molecule has 2 N–H and O–H groups in total. The standard InChI is InChI=1S/C23H31N3O7S/c1-4-32-23(29)20-15(2)19-21(28)24-18(25-22(19)34-20)12-26(8-6-9-30-3)11-16(27)13-31-14-17-7-5-10-33-17/h5,7,10,16,27H,4,6,8-9,11-14H2,1-3H3,(H,24,25,28)/t16-/m0/s1. The highest BCUT2D eigenvalue weighted by molar-refractivity contribution is 7.20. The smallest absolute Gasteiger partial charge is 0.348 e. The van der Waals surface area contributed by atoms with E-state index in [-0.39, 0.29) is 25.4 Å².